The molecule has 1 aromatic heterocycles. The van der Waals surface area contributed by atoms with Gasteiger partial charge in [-0.1, -0.05) is 13.8 Å². The number of nitrogens with zero attached hydrogens (tertiary/aromatic N) is 1. The number of esters is 1. The summed E-state index contributed by atoms with van der Waals surface area (Å²) in [6.45, 7) is 4.59. The number of nitrogens with one attached hydrogen (secondary N) is 2. The van der Waals surface area contributed by atoms with E-state index in [0.717, 1.165) is 13.0 Å². The van der Waals surface area contributed by atoms with Crippen LogP contribution in [-0.2, 0) is 9.53 Å². The van der Waals surface area contributed by atoms with Crippen molar-refractivity contribution in [1.29, 1.82) is 0 Å². The van der Waals surface area contributed by atoms with E-state index in [9.17, 15) is 14.0 Å². The van der Waals surface area contributed by atoms with Gasteiger partial charge in [0.15, 0.2) is 17.4 Å². The summed E-state index contributed by atoms with van der Waals surface area (Å²) in [6.07, 6.45) is 1.00. The van der Waals surface area contributed by atoms with Crippen molar-refractivity contribution in [3.8, 4) is 0 Å². The Balaban J connectivity index is 1.76. The predicted octanol–water partition coefficient (Wildman–Crippen LogP) is 3.54. The second-order valence-corrected chi connectivity index (χ2v) is 6.64. The normalized spacial score (nSPS) is 10.6. The van der Waals surface area contributed by atoms with Gasteiger partial charge in [0.05, 0.1) is 0 Å². The van der Waals surface area contributed by atoms with Crippen LogP contribution in [0, 0.1) is 11.7 Å². The van der Waals surface area contributed by atoms with Crippen LogP contribution in [0.5, 0.6) is 0 Å². The van der Waals surface area contributed by atoms with Crippen LogP contribution >= 0.6 is 11.3 Å². The van der Waals surface area contributed by atoms with Gasteiger partial charge in [-0.2, -0.15) is 0 Å². The highest BCUT2D eigenvalue weighted by molar-refractivity contribution is 7.13. The first-order chi connectivity index (χ1) is 11.9. The molecule has 0 aliphatic rings. The first-order valence-electron chi connectivity index (χ1n) is 7.86. The van der Waals surface area contributed by atoms with Crippen LogP contribution < -0.4 is 10.6 Å². The van der Waals surface area contributed by atoms with Crippen molar-refractivity contribution in [2.45, 2.75) is 20.3 Å². The number of halogens is 1. The molecule has 0 aliphatic carbocycles. The molecular weight excluding hydrogens is 345 g/mol. The Kier molecular flexibility index (Phi) is 6.88. The number of amides is 1. The number of rotatable bonds is 8. The molecule has 0 radical (unpaired) electrons. The lowest BCUT2D eigenvalue weighted by atomic mass is 10.1. The fourth-order valence-corrected chi connectivity index (χ4v) is 2.56. The van der Waals surface area contributed by atoms with Crippen LogP contribution in [0.25, 0.3) is 0 Å². The quantitative estimate of drug-likeness (QED) is 0.700. The number of carbonyl (C=O) groups is 2. The average Bonchev–Trinajstić information content (AvgIpc) is 3.03. The number of ether oxygens (including phenoxy) is 1. The van der Waals surface area contributed by atoms with Crippen molar-refractivity contribution >= 4 is 34.0 Å². The first-order valence-corrected chi connectivity index (χ1v) is 8.74. The third kappa shape index (κ3) is 6.50. The molecule has 0 atom stereocenters. The lowest BCUT2D eigenvalue weighted by Gasteiger charge is -2.06. The molecule has 0 bridgehead atoms. The summed E-state index contributed by atoms with van der Waals surface area (Å²) in [6, 6.07) is 5.30. The Bertz CT molecular complexity index is 716. The van der Waals surface area contributed by atoms with E-state index >= 15 is 0 Å². The molecule has 1 heterocycles. The van der Waals surface area contributed by atoms with Crippen LogP contribution in [0.15, 0.2) is 29.6 Å². The zero-order valence-corrected chi connectivity index (χ0v) is 14.9. The third-order valence-corrected chi connectivity index (χ3v) is 3.97. The molecule has 0 unspecified atom stereocenters. The van der Waals surface area contributed by atoms with Crippen LogP contribution in [0.3, 0.4) is 0 Å². The van der Waals surface area contributed by atoms with E-state index in [1.807, 2.05) is 0 Å². The van der Waals surface area contributed by atoms with Crippen LogP contribution in [0.2, 0.25) is 0 Å². The van der Waals surface area contributed by atoms with Gasteiger partial charge >= 0.3 is 5.97 Å². The highest BCUT2D eigenvalue weighted by atomic mass is 32.1. The summed E-state index contributed by atoms with van der Waals surface area (Å²) in [4.78, 5) is 27.8. The average molecular weight is 365 g/mol. The van der Waals surface area contributed by atoms with Crippen molar-refractivity contribution in [2.75, 3.05) is 23.8 Å². The number of thiazole rings is 1. The van der Waals surface area contributed by atoms with E-state index in [-0.39, 0.29) is 5.69 Å². The Morgan fingerprint density at radius 1 is 1.28 bits per heavy atom. The van der Waals surface area contributed by atoms with E-state index < -0.39 is 24.3 Å². The lowest BCUT2D eigenvalue weighted by Crippen LogP contribution is -2.21. The van der Waals surface area contributed by atoms with Gasteiger partial charge in [0.2, 0.25) is 0 Å². The van der Waals surface area contributed by atoms with Gasteiger partial charge in [-0.05, 0) is 36.6 Å². The molecule has 25 heavy (non-hydrogen) atoms. The first kappa shape index (κ1) is 18.9. The maximum absolute atomic E-state index is 12.8. The number of anilines is 2. The molecule has 134 valence electrons. The summed E-state index contributed by atoms with van der Waals surface area (Å²) in [7, 11) is 0. The van der Waals surface area contributed by atoms with E-state index in [4.69, 9.17) is 4.74 Å². The Hall–Kier alpha value is -2.48. The summed E-state index contributed by atoms with van der Waals surface area (Å²) in [5.74, 6) is -0.991. The summed E-state index contributed by atoms with van der Waals surface area (Å²) >= 11 is 1.31. The number of hydrogen-bond donors (Lipinski definition) is 2. The minimum atomic E-state index is -0.664. The van der Waals surface area contributed by atoms with Gasteiger partial charge in [0.1, 0.15) is 5.82 Å². The molecule has 0 spiro atoms. The Morgan fingerprint density at radius 3 is 2.68 bits per heavy atom. The van der Waals surface area contributed by atoms with Crippen molar-refractivity contribution < 1.29 is 18.7 Å². The molecule has 2 rings (SSSR count). The molecular formula is C17H20FN3O3S. The molecule has 0 fully saturated rings. The van der Waals surface area contributed by atoms with E-state index in [2.05, 4.69) is 29.5 Å². The number of aromatic nitrogens is 1. The van der Waals surface area contributed by atoms with Crippen molar-refractivity contribution in [2.24, 2.45) is 5.92 Å². The zero-order valence-electron chi connectivity index (χ0n) is 14.0. The number of benzene rings is 1. The Labute approximate surface area is 149 Å². The van der Waals surface area contributed by atoms with Crippen LogP contribution in [0.1, 0.15) is 30.8 Å². The highest BCUT2D eigenvalue weighted by Gasteiger charge is 2.14. The van der Waals surface area contributed by atoms with Crippen LogP contribution in [0.4, 0.5) is 15.2 Å². The van der Waals surface area contributed by atoms with Gasteiger partial charge in [0.25, 0.3) is 5.91 Å². The minimum absolute atomic E-state index is 0.159. The van der Waals surface area contributed by atoms with E-state index in [0.29, 0.717) is 16.7 Å². The second-order valence-electron chi connectivity index (χ2n) is 5.78. The fraction of sp³-hybridized carbons (Fsp3) is 0.353. The van der Waals surface area contributed by atoms with Crippen molar-refractivity contribution in [3.63, 3.8) is 0 Å². The SMILES string of the molecule is CC(C)CCNc1nc(C(=O)OCC(=O)Nc2ccc(F)cc2)cs1. The smallest absolute Gasteiger partial charge is 0.358 e. The number of hydrogen-bond acceptors (Lipinski definition) is 6. The fourth-order valence-electron chi connectivity index (χ4n) is 1.85. The second kappa shape index (κ2) is 9.12. The van der Waals surface area contributed by atoms with Crippen LogP contribution in [-0.4, -0.2) is 30.0 Å². The largest absolute Gasteiger partial charge is 0.451 e. The molecule has 0 saturated heterocycles. The molecule has 1 aromatic carbocycles. The summed E-state index contributed by atoms with van der Waals surface area (Å²) in [5, 5.41) is 7.87. The molecule has 0 aliphatic heterocycles. The minimum Gasteiger partial charge on any atom is -0.451 e. The summed E-state index contributed by atoms with van der Waals surface area (Å²) < 4.78 is 17.7. The molecule has 6 nitrogen and oxygen atoms in total. The zero-order chi connectivity index (χ0) is 18.2. The van der Waals surface area contributed by atoms with Gasteiger partial charge in [-0.15, -0.1) is 11.3 Å². The number of carbonyl (C=O) groups excluding carboxylic acids is 2. The molecule has 0 saturated carbocycles. The van der Waals surface area contributed by atoms with E-state index in [1.54, 1.807) is 5.38 Å². The highest BCUT2D eigenvalue weighted by Crippen LogP contribution is 2.16. The standard InChI is InChI=1S/C17H20FN3O3S/c1-11(2)7-8-19-17-21-14(10-25-17)16(23)24-9-15(22)20-13-5-3-12(18)4-6-13/h3-6,10-11H,7-9H2,1-2H3,(H,19,21)(H,20,22). The Morgan fingerprint density at radius 2 is 2.00 bits per heavy atom. The van der Waals surface area contributed by atoms with E-state index in [1.165, 1.54) is 35.6 Å². The monoisotopic (exact) mass is 365 g/mol. The predicted molar refractivity (Wildman–Crippen MR) is 95.4 cm³/mol. The lowest BCUT2D eigenvalue weighted by molar-refractivity contribution is -0.119. The third-order valence-electron chi connectivity index (χ3n) is 3.17. The molecule has 1 amide bonds. The van der Waals surface area contributed by atoms with Gasteiger partial charge in [0, 0.05) is 17.6 Å². The van der Waals surface area contributed by atoms with Crippen molar-refractivity contribution in [1.82, 2.24) is 4.98 Å². The molecule has 8 heteroatoms. The summed E-state index contributed by atoms with van der Waals surface area (Å²) in [5.41, 5.74) is 0.583. The van der Waals surface area contributed by atoms with Gasteiger partial charge in [-0.3, -0.25) is 4.79 Å². The molecule has 2 aromatic rings. The maximum Gasteiger partial charge on any atom is 0.358 e. The van der Waals surface area contributed by atoms with Gasteiger partial charge in [-0.25, -0.2) is 14.2 Å². The van der Waals surface area contributed by atoms with Gasteiger partial charge < -0.3 is 15.4 Å². The maximum atomic E-state index is 12.8. The van der Waals surface area contributed by atoms with Crippen molar-refractivity contribution in [3.05, 3.63) is 41.2 Å². The molecule has 2 N–H and O–H groups in total. The topological polar surface area (TPSA) is 80.3 Å².